The van der Waals surface area contributed by atoms with Gasteiger partial charge in [0.25, 0.3) is 0 Å². The van der Waals surface area contributed by atoms with Crippen LogP contribution in [0.15, 0.2) is 35.5 Å². The van der Waals surface area contributed by atoms with Gasteiger partial charge in [0.2, 0.25) is 0 Å². The van der Waals surface area contributed by atoms with E-state index in [9.17, 15) is 10.2 Å². The molecule has 0 radical (unpaired) electrons. The third-order valence-corrected chi connectivity index (χ3v) is 8.03. The molecule has 3 N–H and O–H groups in total. The van der Waals surface area contributed by atoms with Crippen molar-refractivity contribution < 1.29 is 15.3 Å². The Kier molecular flexibility index (Phi) is 8.97. The van der Waals surface area contributed by atoms with Crippen molar-refractivity contribution in [3.8, 4) is 0 Å². The molecule has 0 aromatic carbocycles. The largest absolute Gasteiger partial charge is 0.396 e. The fourth-order valence-corrected chi connectivity index (χ4v) is 6.17. The second kappa shape index (κ2) is 10.6. The van der Waals surface area contributed by atoms with E-state index in [1.54, 1.807) is 5.57 Å². The fourth-order valence-electron chi connectivity index (χ4n) is 6.17. The molecule has 0 aromatic heterocycles. The molecule has 3 nitrogen and oxygen atoms in total. The molecular weight excluding hydrogens is 372 g/mol. The van der Waals surface area contributed by atoms with Crippen molar-refractivity contribution in [2.45, 2.75) is 104 Å². The standard InChI is InChI=1S/C27H46O3/c1-19(21(3)25(29)15-18-28)11-12-22-10-8-17-27(6)23(13-14-24(22)27)20(2)9-7-16-26(4,5)30/h11-12,20,23-25,28-30H,3,7-10,13-18H2,1-2,4-6H3/t20-,23-,24+,25+,27-/m1/s1. The predicted molar refractivity (Wildman–Crippen MR) is 126 cm³/mol. The summed E-state index contributed by atoms with van der Waals surface area (Å²) < 4.78 is 0. The molecule has 0 aromatic rings. The highest BCUT2D eigenvalue weighted by Crippen LogP contribution is 2.59. The van der Waals surface area contributed by atoms with Crippen molar-refractivity contribution in [1.82, 2.24) is 0 Å². The smallest absolute Gasteiger partial charge is 0.0808 e. The molecule has 0 spiro atoms. The summed E-state index contributed by atoms with van der Waals surface area (Å²) in [4.78, 5) is 0. The lowest BCUT2D eigenvalue weighted by Crippen LogP contribution is -2.36. The average Bonchev–Trinajstić information content (AvgIpc) is 3.02. The van der Waals surface area contributed by atoms with E-state index in [2.05, 4.69) is 32.6 Å². The Labute approximate surface area is 185 Å². The number of allylic oxidation sites excluding steroid dienone is 3. The maximum absolute atomic E-state index is 10.1. The Balaban J connectivity index is 2.07. The van der Waals surface area contributed by atoms with Gasteiger partial charge in [-0.15, -0.1) is 0 Å². The molecule has 3 heteroatoms. The maximum Gasteiger partial charge on any atom is 0.0808 e. The summed E-state index contributed by atoms with van der Waals surface area (Å²) in [6.07, 6.45) is 13.6. The van der Waals surface area contributed by atoms with Crippen LogP contribution < -0.4 is 0 Å². The van der Waals surface area contributed by atoms with Crippen LogP contribution in [0, 0.1) is 23.2 Å². The van der Waals surface area contributed by atoms with Gasteiger partial charge in [0.05, 0.1) is 11.7 Å². The molecule has 2 rings (SSSR count). The summed E-state index contributed by atoms with van der Waals surface area (Å²) in [5.74, 6) is 2.12. The topological polar surface area (TPSA) is 60.7 Å². The second-order valence-electron chi connectivity index (χ2n) is 10.9. The van der Waals surface area contributed by atoms with Gasteiger partial charge in [0, 0.05) is 13.0 Å². The fraction of sp³-hybridized carbons (Fsp3) is 0.778. The van der Waals surface area contributed by atoms with E-state index >= 15 is 0 Å². The first-order valence-electron chi connectivity index (χ1n) is 12.1. The van der Waals surface area contributed by atoms with Crippen molar-refractivity contribution in [1.29, 1.82) is 0 Å². The zero-order valence-electron chi connectivity index (χ0n) is 20.1. The summed E-state index contributed by atoms with van der Waals surface area (Å²) in [6.45, 7) is 14.8. The Morgan fingerprint density at radius 1 is 1.30 bits per heavy atom. The van der Waals surface area contributed by atoms with E-state index < -0.39 is 11.7 Å². The third kappa shape index (κ3) is 6.31. The zero-order chi connectivity index (χ0) is 22.5. The zero-order valence-corrected chi connectivity index (χ0v) is 20.1. The highest BCUT2D eigenvalue weighted by molar-refractivity contribution is 5.34. The van der Waals surface area contributed by atoms with Crippen LogP contribution in [0.5, 0.6) is 0 Å². The minimum Gasteiger partial charge on any atom is -0.396 e. The molecule has 0 heterocycles. The van der Waals surface area contributed by atoms with Gasteiger partial charge in [-0.3, -0.25) is 0 Å². The van der Waals surface area contributed by atoms with Crippen LogP contribution in [0.25, 0.3) is 0 Å². The van der Waals surface area contributed by atoms with Crippen LogP contribution in [0.3, 0.4) is 0 Å². The first-order valence-corrected chi connectivity index (χ1v) is 12.1. The normalized spacial score (nSPS) is 30.9. The van der Waals surface area contributed by atoms with Crippen molar-refractivity contribution in [2.24, 2.45) is 23.2 Å². The molecule has 2 fully saturated rings. The van der Waals surface area contributed by atoms with Gasteiger partial charge < -0.3 is 15.3 Å². The Morgan fingerprint density at radius 2 is 2.00 bits per heavy atom. The average molecular weight is 419 g/mol. The minimum absolute atomic E-state index is 0.0235. The van der Waals surface area contributed by atoms with Crippen molar-refractivity contribution >= 4 is 0 Å². The lowest BCUT2D eigenvalue weighted by molar-refractivity contribution is 0.0596. The van der Waals surface area contributed by atoms with Crippen LogP contribution in [-0.4, -0.2) is 33.6 Å². The molecule has 172 valence electrons. The summed E-state index contributed by atoms with van der Waals surface area (Å²) in [5.41, 5.74) is 3.11. The predicted octanol–water partition coefficient (Wildman–Crippen LogP) is 5.95. The van der Waals surface area contributed by atoms with Crippen molar-refractivity contribution in [3.05, 3.63) is 35.5 Å². The number of aliphatic hydroxyl groups excluding tert-OH is 2. The van der Waals surface area contributed by atoms with Gasteiger partial charge >= 0.3 is 0 Å². The van der Waals surface area contributed by atoms with Gasteiger partial charge in [0.1, 0.15) is 0 Å². The molecule has 2 aliphatic rings. The van der Waals surface area contributed by atoms with Gasteiger partial charge in [-0.25, -0.2) is 0 Å². The highest BCUT2D eigenvalue weighted by Gasteiger charge is 2.50. The van der Waals surface area contributed by atoms with Crippen molar-refractivity contribution in [2.75, 3.05) is 6.61 Å². The number of hydrogen-bond donors (Lipinski definition) is 3. The third-order valence-electron chi connectivity index (χ3n) is 8.03. The molecular formula is C27H46O3. The van der Waals surface area contributed by atoms with E-state index in [-0.39, 0.29) is 6.61 Å². The van der Waals surface area contributed by atoms with E-state index in [0.717, 1.165) is 24.3 Å². The second-order valence-corrected chi connectivity index (χ2v) is 10.9. The first kappa shape index (κ1) is 25.4. The van der Waals surface area contributed by atoms with E-state index in [1.165, 1.54) is 38.5 Å². The Bertz CT molecular complexity index is 639. The van der Waals surface area contributed by atoms with Gasteiger partial charge in [-0.2, -0.15) is 0 Å². The van der Waals surface area contributed by atoms with E-state index in [4.69, 9.17) is 5.11 Å². The minimum atomic E-state index is -0.665. The van der Waals surface area contributed by atoms with E-state index in [1.807, 2.05) is 20.8 Å². The molecule has 5 atom stereocenters. The van der Waals surface area contributed by atoms with Crippen LogP contribution >= 0.6 is 0 Å². The summed E-state index contributed by atoms with van der Waals surface area (Å²) in [5, 5.41) is 29.2. The molecule has 2 aliphatic carbocycles. The monoisotopic (exact) mass is 418 g/mol. The molecule has 0 bridgehead atoms. The van der Waals surface area contributed by atoms with Crippen LogP contribution in [-0.2, 0) is 0 Å². The molecule has 2 saturated carbocycles. The molecule has 0 saturated heterocycles. The number of aliphatic hydroxyl groups is 3. The highest BCUT2D eigenvalue weighted by atomic mass is 16.3. The molecule has 0 aliphatic heterocycles. The number of rotatable bonds is 10. The van der Waals surface area contributed by atoms with Gasteiger partial charge in [-0.05, 0) is 93.6 Å². The molecule has 30 heavy (non-hydrogen) atoms. The summed E-state index contributed by atoms with van der Waals surface area (Å²) in [7, 11) is 0. The maximum atomic E-state index is 10.1. The van der Waals surface area contributed by atoms with E-state index in [0.29, 0.717) is 29.2 Å². The van der Waals surface area contributed by atoms with Crippen LogP contribution in [0.1, 0.15) is 92.4 Å². The first-order chi connectivity index (χ1) is 14.0. The van der Waals surface area contributed by atoms with Crippen LogP contribution in [0.2, 0.25) is 0 Å². The van der Waals surface area contributed by atoms with Gasteiger partial charge in [0.15, 0.2) is 0 Å². The Hall–Kier alpha value is -0.900. The molecule has 0 amide bonds. The van der Waals surface area contributed by atoms with Crippen molar-refractivity contribution in [3.63, 3.8) is 0 Å². The van der Waals surface area contributed by atoms with Crippen LogP contribution in [0.4, 0.5) is 0 Å². The SMILES string of the molecule is C=C(C(C)=CC=C1CCC[C@]2(C)[C@@H]([C@H](C)CCCC(C)(C)O)CC[C@@H]12)[C@@H](O)CCO. The van der Waals surface area contributed by atoms with Gasteiger partial charge in [-0.1, -0.05) is 51.0 Å². The molecule has 0 unspecified atom stereocenters. The Morgan fingerprint density at radius 3 is 2.63 bits per heavy atom. The lowest BCUT2D eigenvalue weighted by atomic mass is 9.60. The summed E-state index contributed by atoms with van der Waals surface area (Å²) in [6, 6.07) is 0. The number of fused-ring (bicyclic) bond motifs is 1. The number of hydrogen-bond acceptors (Lipinski definition) is 3. The quantitative estimate of drug-likeness (QED) is 0.384. The summed E-state index contributed by atoms with van der Waals surface area (Å²) >= 11 is 0. The lowest BCUT2D eigenvalue weighted by Gasteiger charge is -2.44.